The van der Waals surface area contributed by atoms with Crippen LogP contribution in [0.15, 0.2) is 54.7 Å². The monoisotopic (exact) mass is 336 g/mol. The molecule has 0 saturated heterocycles. The molecule has 1 amide bonds. The lowest BCUT2D eigenvalue weighted by molar-refractivity contribution is 0.0935. The molecule has 1 heterocycles. The Kier molecular flexibility index (Phi) is 4.79. The number of nitrogens with one attached hydrogen (secondary N) is 1. The van der Waals surface area contributed by atoms with Gasteiger partial charge in [0.25, 0.3) is 5.91 Å². The number of carbonyl (C=O) groups is 1. The van der Waals surface area contributed by atoms with Crippen LogP contribution >= 0.6 is 0 Å². The summed E-state index contributed by atoms with van der Waals surface area (Å²) in [7, 11) is 1.62. The summed E-state index contributed by atoms with van der Waals surface area (Å²) in [5.41, 5.74) is 3.29. The van der Waals surface area contributed by atoms with E-state index < -0.39 is 0 Å². The molecule has 0 aliphatic heterocycles. The number of carbonyl (C=O) groups excluding carboxylic acids is 1. The highest BCUT2D eigenvalue weighted by Crippen LogP contribution is 2.17. The van der Waals surface area contributed by atoms with Crippen LogP contribution in [0.25, 0.3) is 5.69 Å². The lowest BCUT2D eigenvalue weighted by Crippen LogP contribution is -2.26. The summed E-state index contributed by atoms with van der Waals surface area (Å²) in [5.74, 6) is 0.519. The number of amides is 1. The Balaban J connectivity index is 1.69. The highest BCUT2D eigenvalue weighted by Gasteiger charge is 2.15. The van der Waals surface area contributed by atoms with Crippen LogP contribution in [0.5, 0.6) is 5.75 Å². The molecule has 1 unspecified atom stereocenters. The van der Waals surface area contributed by atoms with Gasteiger partial charge >= 0.3 is 0 Å². The van der Waals surface area contributed by atoms with Gasteiger partial charge in [0.05, 0.1) is 25.0 Å². The smallest absolute Gasteiger partial charge is 0.273 e. The van der Waals surface area contributed by atoms with Crippen LogP contribution in [-0.4, -0.2) is 28.0 Å². The molecule has 0 saturated carbocycles. The van der Waals surface area contributed by atoms with E-state index in [0.29, 0.717) is 0 Å². The zero-order chi connectivity index (χ0) is 17.8. The lowest BCUT2D eigenvalue weighted by Gasteiger charge is -2.13. The molecule has 0 radical (unpaired) electrons. The molecular formula is C19H20N4O2. The van der Waals surface area contributed by atoms with E-state index in [4.69, 9.17) is 4.74 Å². The van der Waals surface area contributed by atoms with E-state index in [9.17, 15) is 4.79 Å². The summed E-state index contributed by atoms with van der Waals surface area (Å²) in [6.07, 6.45) is 1.63. The van der Waals surface area contributed by atoms with Crippen LogP contribution in [0.2, 0.25) is 0 Å². The average molecular weight is 336 g/mol. The number of rotatable bonds is 5. The number of ether oxygens (including phenoxy) is 1. The van der Waals surface area contributed by atoms with Gasteiger partial charge in [0.2, 0.25) is 0 Å². The van der Waals surface area contributed by atoms with Gasteiger partial charge < -0.3 is 10.1 Å². The fourth-order valence-electron chi connectivity index (χ4n) is 2.44. The summed E-state index contributed by atoms with van der Waals surface area (Å²) in [6.45, 7) is 3.94. The van der Waals surface area contributed by atoms with Gasteiger partial charge in [0.1, 0.15) is 5.75 Å². The van der Waals surface area contributed by atoms with Crippen LogP contribution in [0.4, 0.5) is 0 Å². The van der Waals surface area contributed by atoms with Crippen molar-refractivity contribution in [3.63, 3.8) is 0 Å². The molecule has 3 rings (SSSR count). The molecule has 1 N–H and O–H groups in total. The number of nitrogens with zero attached hydrogens (tertiary/aromatic N) is 3. The Hall–Kier alpha value is -3.15. The molecule has 0 fully saturated rings. The molecule has 0 bridgehead atoms. The molecule has 6 nitrogen and oxygen atoms in total. The molecule has 3 aromatic rings. The van der Waals surface area contributed by atoms with Gasteiger partial charge in [-0.15, -0.1) is 5.10 Å². The number of benzene rings is 2. The Labute approximate surface area is 146 Å². The maximum absolute atomic E-state index is 12.4. The second kappa shape index (κ2) is 7.17. The van der Waals surface area contributed by atoms with Crippen LogP contribution in [0.3, 0.4) is 0 Å². The van der Waals surface area contributed by atoms with E-state index in [1.54, 1.807) is 18.0 Å². The highest BCUT2D eigenvalue weighted by atomic mass is 16.5. The fourth-order valence-corrected chi connectivity index (χ4v) is 2.44. The summed E-state index contributed by atoms with van der Waals surface area (Å²) >= 11 is 0. The molecular weight excluding hydrogens is 316 g/mol. The fraction of sp³-hybridized carbons (Fsp3) is 0.211. The van der Waals surface area contributed by atoms with Crippen molar-refractivity contribution < 1.29 is 9.53 Å². The highest BCUT2D eigenvalue weighted by molar-refractivity contribution is 5.92. The van der Waals surface area contributed by atoms with Gasteiger partial charge in [-0.1, -0.05) is 35.0 Å². The number of aryl methyl sites for hydroxylation is 1. The minimum absolute atomic E-state index is 0.150. The van der Waals surface area contributed by atoms with E-state index in [0.717, 1.165) is 22.6 Å². The average Bonchev–Trinajstić information content (AvgIpc) is 3.12. The van der Waals surface area contributed by atoms with Crippen LogP contribution in [0.1, 0.15) is 34.6 Å². The predicted molar refractivity (Wildman–Crippen MR) is 95.0 cm³/mol. The zero-order valence-corrected chi connectivity index (χ0v) is 14.4. The molecule has 2 aromatic carbocycles. The van der Waals surface area contributed by atoms with Crippen molar-refractivity contribution in [1.29, 1.82) is 0 Å². The van der Waals surface area contributed by atoms with Crippen molar-refractivity contribution in [3.8, 4) is 11.4 Å². The maximum atomic E-state index is 12.4. The third-order valence-corrected chi connectivity index (χ3v) is 3.99. The summed E-state index contributed by atoms with van der Waals surface area (Å²) in [6, 6.07) is 15.3. The zero-order valence-electron chi connectivity index (χ0n) is 14.4. The van der Waals surface area contributed by atoms with Gasteiger partial charge in [-0.25, -0.2) is 4.68 Å². The van der Waals surface area contributed by atoms with Gasteiger partial charge in [-0.2, -0.15) is 0 Å². The summed E-state index contributed by atoms with van der Waals surface area (Å²) < 4.78 is 6.73. The molecule has 0 spiro atoms. The Morgan fingerprint density at radius 1 is 1.12 bits per heavy atom. The first-order valence-corrected chi connectivity index (χ1v) is 8.01. The van der Waals surface area contributed by atoms with Crippen molar-refractivity contribution in [3.05, 3.63) is 71.5 Å². The molecule has 1 atom stereocenters. The van der Waals surface area contributed by atoms with E-state index in [2.05, 4.69) is 15.6 Å². The van der Waals surface area contributed by atoms with E-state index in [1.165, 1.54) is 0 Å². The molecule has 128 valence electrons. The quantitative estimate of drug-likeness (QED) is 0.777. The first-order chi connectivity index (χ1) is 12.1. The van der Waals surface area contributed by atoms with Gasteiger partial charge in [0.15, 0.2) is 5.69 Å². The number of hydrogen-bond donors (Lipinski definition) is 1. The van der Waals surface area contributed by atoms with E-state index in [1.807, 2.05) is 62.4 Å². The second-order valence-electron chi connectivity index (χ2n) is 5.85. The van der Waals surface area contributed by atoms with Crippen molar-refractivity contribution >= 4 is 5.91 Å². The predicted octanol–water partition coefficient (Wildman–Crippen LogP) is 3.08. The minimum atomic E-state index is -0.262. The molecule has 0 aliphatic rings. The first-order valence-electron chi connectivity index (χ1n) is 8.01. The summed E-state index contributed by atoms with van der Waals surface area (Å²) in [4.78, 5) is 12.4. The minimum Gasteiger partial charge on any atom is -0.497 e. The number of aromatic nitrogens is 3. The molecule has 25 heavy (non-hydrogen) atoms. The SMILES string of the molecule is COc1ccc(C(C)NC(=O)c2cn(-c3ccc(C)cc3)nn2)cc1. The van der Waals surface area contributed by atoms with Crippen LogP contribution < -0.4 is 10.1 Å². The molecule has 0 aliphatic carbocycles. The van der Waals surface area contributed by atoms with Gasteiger partial charge in [-0.3, -0.25) is 4.79 Å². The topological polar surface area (TPSA) is 69.0 Å². The first kappa shape index (κ1) is 16.7. The van der Waals surface area contributed by atoms with E-state index in [-0.39, 0.29) is 17.6 Å². The van der Waals surface area contributed by atoms with Gasteiger partial charge in [-0.05, 0) is 43.7 Å². The summed E-state index contributed by atoms with van der Waals surface area (Å²) in [5, 5.41) is 10.9. The van der Waals surface area contributed by atoms with Crippen LogP contribution in [-0.2, 0) is 0 Å². The van der Waals surface area contributed by atoms with Crippen molar-refractivity contribution in [1.82, 2.24) is 20.3 Å². The van der Waals surface area contributed by atoms with E-state index >= 15 is 0 Å². The normalized spacial score (nSPS) is 11.8. The third-order valence-electron chi connectivity index (χ3n) is 3.99. The Bertz CT molecular complexity index is 854. The molecule has 6 heteroatoms. The molecule has 1 aromatic heterocycles. The van der Waals surface area contributed by atoms with Crippen molar-refractivity contribution in [2.75, 3.05) is 7.11 Å². The van der Waals surface area contributed by atoms with Crippen molar-refractivity contribution in [2.24, 2.45) is 0 Å². The third kappa shape index (κ3) is 3.85. The van der Waals surface area contributed by atoms with Crippen LogP contribution in [0, 0.1) is 6.92 Å². The number of methoxy groups -OCH3 is 1. The van der Waals surface area contributed by atoms with Crippen molar-refractivity contribution in [2.45, 2.75) is 19.9 Å². The largest absolute Gasteiger partial charge is 0.497 e. The maximum Gasteiger partial charge on any atom is 0.273 e. The lowest BCUT2D eigenvalue weighted by atomic mass is 10.1. The Morgan fingerprint density at radius 2 is 1.80 bits per heavy atom. The second-order valence-corrected chi connectivity index (χ2v) is 5.85. The van der Waals surface area contributed by atoms with Gasteiger partial charge in [0, 0.05) is 0 Å². The Morgan fingerprint density at radius 3 is 2.44 bits per heavy atom. The standard InChI is InChI=1S/C19H20N4O2/c1-13-4-8-16(9-5-13)23-12-18(21-22-23)19(24)20-14(2)15-6-10-17(25-3)11-7-15/h4-12,14H,1-3H3,(H,20,24). The number of hydrogen-bond acceptors (Lipinski definition) is 4.